The van der Waals surface area contributed by atoms with E-state index in [-0.39, 0.29) is 29.5 Å². The number of nitrogens with zero attached hydrogens (tertiary/aromatic N) is 1. The van der Waals surface area contributed by atoms with Gasteiger partial charge in [0, 0.05) is 19.6 Å². The minimum absolute atomic E-state index is 0.0152. The summed E-state index contributed by atoms with van der Waals surface area (Å²) >= 11 is 0. The molecular weight excluding hydrogens is 324 g/mol. The van der Waals surface area contributed by atoms with Crippen LogP contribution in [-0.2, 0) is 11.3 Å². The number of rotatable bonds is 5. The Balaban J connectivity index is 1.76. The summed E-state index contributed by atoms with van der Waals surface area (Å²) in [6, 6.07) is 12.2. The number of hydrogen-bond acceptors (Lipinski definition) is 3. The van der Waals surface area contributed by atoms with Crippen LogP contribution in [0.1, 0.15) is 24.1 Å². The van der Waals surface area contributed by atoms with Gasteiger partial charge in [0.2, 0.25) is 5.91 Å². The quantitative estimate of drug-likeness (QED) is 0.876. The van der Waals surface area contributed by atoms with Crippen molar-refractivity contribution in [2.24, 2.45) is 5.92 Å². The maximum absolute atomic E-state index is 13.4. The predicted octanol–water partition coefficient (Wildman–Crippen LogP) is 2.78. The highest BCUT2D eigenvalue weighted by molar-refractivity contribution is 5.80. The Hall–Kier alpha value is -2.31. The third-order valence-electron chi connectivity index (χ3n) is 4.48. The van der Waals surface area contributed by atoms with Crippen molar-refractivity contribution < 1.29 is 13.6 Å². The van der Waals surface area contributed by atoms with Gasteiger partial charge in [0.25, 0.3) is 0 Å². The Morgan fingerprint density at radius 3 is 2.60 bits per heavy atom. The van der Waals surface area contributed by atoms with Crippen molar-refractivity contribution in [1.82, 2.24) is 15.8 Å². The number of halogens is 2. The zero-order valence-electron chi connectivity index (χ0n) is 14.0. The van der Waals surface area contributed by atoms with Gasteiger partial charge in [-0.05, 0) is 42.3 Å². The normalized spacial score (nSPS) is 19.8. The molecule has 2 atom stereocenters. The summed E-state index contributed by atoms with van der Waals surface area (Å²) in [4.78, 5) is 14.7. The lowest BCUT2D eigenvalue weighted by molar-refractivity contribution is -0.135. The van der Waals surface area contributed by atoms with Crippen LogP contribution in [0.15, 0.2) is 48.5 Å². The van der Waals surface area contributed by atoms with Crippen LogP contribution in [0.4, 0.5) is 8.78 Å². The predicted molar refractivity (Wildman–Crippen MR) is 91.3 cm³/mol. The van der Waals surface area contributed by atoms with E-state index in [2.05, 4.69) is 10.9 Å². The van der Waals surface area contributed by atoms with Gasteiger partial charge in [-0.3, -0.25) is 10.2 Å². The fraction of sp³-hybridized carbons (Fsp3) is 0.316. The first-order valence-corrected chi connectivity index (χ1v) is 8.35. The van der Waals surface area contributed by atoms with Crippen molar-refractivity contribution in [3.8, 4) is 0 Å². The molecule has 3 rings (SSSR count). The topological polar surface area (TPSA) is 44.4 Å². The maximum atomic E-state index is 13.4. The van der Waals surface area contributed by atoms with E-state index >= 15 is 0 Å². The van der Waals surface area contributed by atoms with Crippen LogP contribution < -0.4 is 10.9 Å². The summed E-state index contributed by atoms with van der Waals surface area (Å²) in [5.74, 6) is -0.939. The number of hydrogen-bond donors (Lipinski definition) is 2. The van der Waals surface area contributed by atoms with Crippen molar-refractivity contribution in [3.63, 3.8) is 0 Å². The summed E-state index contributed by atoms with van der Waals surface area (Å²) in [5.41, 5.74) is 7.72. The molecule has 1 saturated heterocycles. The molecule has 1 aliphatic heterocycles. The minimum atomic E-state index is -0.311. The Kier molecular flexibility index (Phi) is 5.40. The van der Waals surface area contributed by atoms with Gasteiger partial charge in [-0.1, -0.05) is 24.3 Å². The lowest BCUT2D eigenvalue weighted by Gasteiger charge is -2.27. The molecule has 4 nitrogen and oxygen atoms in total. The van der Waals surface area contributed by atoms with Gasteiger partial charge in [-0.2, -0.15) is 0 Å². The number of carbonyl (C=O) groups is 1. The average molecular weight is 345 g/mol. The van der Waals surface area contributed by atoms with Gasteiger partial charge >= 0.3 is 0 Å². The zero-order chi connectivity index (χ0) is 17.8. The van der Waals surface area contributed by atoms with E-state index in [4.69, 9.17) is 0 Å². The van der Waals surface area contributed by atoms with Crippen molar-refractivity contribution in [3.05, 3.63) is 71.3 Å². The van der Waals surface area contributed by atoms with Crippen LogP contribution >= 0.6 is 0 Å². The molecule has 6 heteroatoms. The van der Waals surface area contributed by atoms with Gasteiger partial charge in [-0.25, -0.2) is 14.2 Å². The lowest BCUT2D eigenvalue weighted by atomic mass is 9.93. The molecule has 0 aromatic heterocycles. The Morgan fingerprint density at radius 1 is 1.16 bits per heavy atom. The fourth-order valence-corrected chi connectivity index (χ4v) is 3.15. The first kappa shape index (κ1) is 17.5. The highest BCUT2D eigenvalue weighted by Gasteiger charge is 2.36. The van der Waals surface area contributed by atoms with E-state index in [1.165, 1.54) is 24.3 Å². The molecule has 0 aliphatic carbocycles. The SMILES string of the molecule is CCN(Cc1cccc(F)c1)C(=O)C1CNNC1c1ccc(F)cc1. The van der Waals surface area contributed by atoms with Gasteiger partial charge < -0.3 is 4.90 Å². The van der Waals surface area contributed by atoms with Crippen LogP contribution in [0.5, 0.6) is 0 Å². The number of carbonyl (C=O) groups excluding carboxylic acids is 1. The molecule has 0 bridgehead atoms. The largest absolute Gasteiger partial charge is 0.338 e. The molecule has 25 heavy (non-hydrogen) atoms. The van der Waals surface area contributed by atoms with E-state index in [0.29, 0.717) is 19.6 Å². The molecule has 2 unspecified atom stereocenters. The molecule has 132 valence electrons. The van der Waals surface area contributed by atoms with Gasteiger partial charge in [0.1, 0.15) is 11.6 Å². The second-order valence-electron chi connectivity index (χ2n) is 6.14. The molecule has 1 amide bonds. The molecule has 0 saturated carbocycles. The first-order chi connectivity index (χ1) is 12.1. The van der Waals surface area contributed by atoms with E-state index in [1.54, 1.807) is 23.1 Å². The minimum Gasteiger partial charge on any atom is -0.338 e. The van der Waals surface area contributed by atoms with Crippen LogP contribution in [0.2, 0.25) is 0 Å². The highest BCUT2D eigenvalue weighted by Crippen LogP contribution is 2.27. The second-order valence-corrected chi connectivity index (χ2v) is 6.14. The average Bonchev–Trinajstić information content (AvgIpc) is 3.09. The molecule has 0 radical (unpaired) electrons. The molecule has 1 aliphatic rings. The number of hydrazine groups is 1. The summed E-state index contributed by atoms with van der Waals surface area (Å²) in [6.45, 7) is 3.28. The van der Waals surface area contributed by atoms with E-state index in [0.717, 1.165) is 11.1 Å². The van der Waals surface area contributed by atoms with Gasteiger partial charge in [0.05, 0.1) is 12.0 Å². The van der Waals surface area contributed by atoms with E-state index in [1.807, 2.05) is 13.0 Å². The standard InChI is InChI=1S/C19H21F2N3O/c1-2-24(12-13-4-3-5-16(21)10-13)19(25)17-11-22-23-18(17)14-6-8-15(20)9-7-14/h3-10,17-18,22-23H,2,11-12H2,1H3. The molecule has 1 fully saturated rings. The van der Waals surface area contributed by atoms with Crippen LogP contribution in [0.25, 0.3) is 0 Å². The van der Waals surface area contributed by atoms with Crippen LogP contribution in [-0.4, -0.2) is 23.9 Å². The Morgan fingerprint density at radius 2 is 1.92 bits per heavy atom. The smallest absolute Gasteiger partial charge is 0.229 e. The van der Waals surface area contributed by atoms with Crippen molar-refractivity contribution in [2.45, 2.75) is 19.5 Å². The van der Waals surface area contributed by atoms with Crippen molar-refractivity contribution in [2.75, 3.05) is 13.1 Å². The molecular formula is C19H21F2N3O. The summed E-state index contributed by atoms with van der Waals surface area (Å²) < 4.78 is 26.5. The van der Waals surface area contributed by atoms with E-state index < -0.39 is 0 Å². The number of benzene rings is 2. The summed E-state index contributed by atoms with van der Waals surface area (Å²) in [6.07, 6.45) is 0. The van der Waals surface area contributed by atoms with Crippen molar-refractivity contribution >= 4 is 5.91 Å². The number of amides is 1. The molecule has 0 spiro atoms. The lowest BCUT2D eigenvalue weighted by Crippen LogP contribution is -2.38. The van der Waals surface area contributed by atoms with Gasteiger partial charge in [-0.15, -0.1) is 0 Å². The van der Waals surface area contributed by atoms with E-state index in [9.17, 15) is 13.6 Å². The number of nitrogens with one attached hydrogen (secondary N) is 2. The third kappa shape index (κ3) is 4.03. The third-order valence-corrected chi connectivity index (χ3v) is 4.48. The molecule has 2 aromatic rings. The second kappa shape index (κ2) is 7.72. The highest BCUT2D eigenvalue weighted by atomic mass is 19.1. The first-order valence-electron chi connectivity index (χ1n) is 8.35. The van der Waals surface area contributed by atoms with Crippen LogP contribution in [0, 0.1) is 17.6 Å². The monoisotopic (exact) mass is 345 g/mol. The van der Waals surface area contributed by atoms with Crippen molar-refractivity contribution in [1.29, 1.82) is 0 Å². The van der Waals surface area contributed by atoms with Gasteiger partial charge in [0.15, 0.2) is 0 Å². The molecule has 1 heterocycles. The zero-order valence-corrected chi connectivity index (χ0v) is 14.0. The summed E-state index contributed by atoms with van der Waals surface area (Å²) in [5, 5.41) is 0. The molecule has 2 aromatic carbocycles. The fourth-order valence-electron chi connectivity index (χ4n) is 3.15. The maximum Gasteiger partial charge on any atom is 0.229 e. The Bertz CT molecular complexity index is 736. The summed E-state index contributed by atoms with van der Waals surface area (Å²) in [7, 11) is 0. The van der Waals surface area contributed by atoms with Crippen LogP contribution in [0.3, 0.4) is 0 Å². The Labute approximate surface area is 145 Å². The molecule has 2 N–H and O–H groups in total.